The molecule has 0 spiro atoms. The summed E-state index contributed by atoms with van der Waals surface area (Å²) in [6, 6.07) is 18.6. The van der Waals surface area contributed by atoms with E-state index in [-0.39, 0.29) is 21.6 Å². The number of nitrogens with zero attached hydrogens (tertiary/aromatic N) is 4. The number of nitro benzene ring substituents is 1. The SMILES string of the molecule is CC(=O)Oc1c(Br)cc(C=Nn2c(-c3cc4ccccc4o3)nc3ccccc3c2=O)cc1[N+](=O)[O-]. The molecule has 0 unspecified atom stereocenters. The fraction of sp³-hybridized carbons (Fsp3) is 0.0400. The van der Waals surface area contributed by atoms with E-state index < -0.39 is 22.1 Å². The van der Waals surface area contributed by atoms with Crippen LogP contribution in [0.4, 0.5) is 5.69 Å². The number of carbonyl (C=O) groups excluding carboxylic acids is 1. The molecule has 0 aliphatic carbocycles. The highest BCUT2D eigenvalue weighted by Crippen LogP contribution is 2.36. The second-order valence-corrected chi connectivity index (χ2v) is 8.52. The Morgan fingerprint density at radius 3 is 2.67 bits per heavy atom. The number of nitro groups is 1. The van der Waals surface area contributed by atoms with Gasteiger partial charge in [0.05, 0.1) is 26.5 Å². The van der Waals surface area contributed by atoms with E-state index in [0.29, 0.717) is 22.2 Å². The van der Waals surface area contributed by atoms with Crippen molar-refractivity contribution >= 4 is 55.7 Å². The van der Waals surface area contributed by atoms with E-state index in [1.165, 1.54) is 18.3 Å². The number of halogens is 1. The van der Waals surface area contributed by atoms with Crippen LogP contribution in [0.1, 0.15) is 12.5 Å². The molecule has 0 N–H and O–H groups in total. The van der Waals surface area contributed by atoms with Crippen LogP contribution in [0.15, 0.2) is 85.5 Å². The number of hydrogen-bond acceptors (Lipinski definition) is 8. The summed E-state index contributed by atoms with van der Waals surface area (Å²) in [6.45, 7) is 1.14. The van der Waals surface area contributed by atoms with E-state index in [2.05, 4.69) is 26.0 Å². The summed E-state index contributed by atoms with van der Waals surface area (Å²) >= 11 is 3.20. The fourth-order valence-electron chi connectivity index (χ4n) is 3.66. The lowest BCUT2D eigenvalue weighted by Gasteiger charge is -2.08. The van der Waals surface area contributed by atoms with Gasteiger partial charge in [0.15, 0.2) is 5.76 Å². The largest absolute Gasteiger partial charge is 0.453 e. The Kier molecular flexibility index (Phi) is 5.90. The molecule has 10 nitrogen and oxygen atoms in total. The maximum atomic E-state index is 13.4. The first-order valence-corrected chi connectivity index (χ1v) is 11.3. The molecule has 178 valence electrons. The van der Waals surface area contributed by atoms with E-state index >= 15 is 0 Å². The molecule has 0 atom stereocenters. The van der Waals surface area contributed by atoms with Crippen molar-refractivity contribution in [3.8, 4) is 17.3 Å². The summed E-state index contributed by atoms with van der Waals surface area (Å²) in [4.78, 5) is 40.2. The van der Waals surface area contributed by atoms with Crippen molar-refractivity contribution < 1.29 is 18.9 Å². The van der Waals surface area contributed by atoms with Gasteiger partial charge in [0.25, 0.3) is 5.56 Å². The van der Waals surface area contributed by atoms with E-state index in [4.69, 9.17) is 9.15 Å². The fourth-order valence-corrected chi connectivity index (χ4v) is 4.21. The van der Waals surface area contributed by atoms with Gasteiger partial charge in [0, 0.05) is 23.9 Å². The van der Waals surface area contributed by atoms with Gasteiger partial charge >= 0.3 is 11.7 Å². The van der Waals surface area contributed by atoms with Gasteiger partial charge in [-0.25, -0.2) is 4.98 Å². The smallest absolute Gasteiger partial charge is 0.313 e. The van der Waals surface area contributed by atoms with Crippen molar-refractivity contribution in [2.75, 3.05) is 0 Å². The molecule has 0 amide bonds. The maximum absolute atomic E-state index is 13.4. The van der Waals surface area contributed by atoms with Crippen LogP contribution in [0, 0.1) is 10.1 Å². The summed E-state index contributed by atoms with van der Waals surface area (Å²) < 4.78 is 12.2. The van der Waals surface area contributed by atoms with E-state index in [1.807, 2.05) is 18.2 Å². The Hall–Kier alpha value is -4.64. The van der Waals surface area contributed by atoms with Crippen molar-refractivity contribution in [3.05, 3.63) is 97.2 Å². The number of aromatic nitrogens is 2. The van der Waals surface area contributed by atoms with Crippen LogP contribution in [0.3, 0.4) is 0 Å². The highest BCUT2D eigenvalue weighted by molar-refractivity contribution is 9.10. The number of furan rings is 1. The first-order chi connectivity index (χ1) is 17.3. The molecule has 0 saturated carbocycles. The molecule has 3 aromatic carbocycles. The highest BCUT2D eigenvalue weighted by Gasteiger charge is 2.22. The second-order valence-electron chi connectivity index (χ2n) is 7.66. The summed E-state index contributed by atoms with van der Waals surface area (Å²) in [5, 5.41) is 17.1. The van der Waals surface area contributed by atoms with Crippen molar-refractivity contribution in [3.63, 3.8) is 0 Å². The molecule has 0 aliphatic rings. The quantitative estimate of drug-likeness (QED) is 0.0961. The zero-order chi connectivity index (χ0) is 25.4. The van der Waals surface area contributed by atoms with E-state index in [1.54, 1.807) is 36.4 Å². The van der Waals surface area contributed by atoms with Gasteiger partial charge in [-0.1, -0.05) is 30.3 Å². The summed E-state index contributed by atoms with van der Waals surface area (Å²) in [7, 11) is 0. The minimum Gasteiger partial charge on any atom is -0.453 e. The lowest BCUT2D eigenvalue weighted by atomic mass is 10.2. The van der Waals surface area contributed by atoms with Crippen LogP contribution in [0.25, 0.3) is 33.5 Å². The molecule has 11 heteroatoms. The Balaban J connectivity index is 1.68. The average molecular weight is 547 g/mol. The van der Waals surface area contributed by atoms with E-state index in [0.717, 1.165) is 17.0 Å². The molecular formula is C25H15BrN4O6. The number of fused-ring (bicyclic) bond motifs is 2. The Bertz CT molecular complexity index is 1740. The number of para-hydroxylation sites is 2. The molecule has 5 aromatic rings. The van der Waals surface area contributed by atoms with Gasteiger partial charge in [-0.2, -0.15) is 9.78 Å². The molecule has 36 heavy (non-hydrogen) atoms. The molecule has 0 saturated heterocycles. The van der Waals surface area contributed by atoms with Crippen molar-refractivity contribution in [2.45, 2.75) is 6.92 Å². The second kappa shape index (κ2) is 9.19. The molecule has 0 fully saturated rings. The van der Waals surface area contributed by atoms with Gasteiger partial charge < -0.3 is 9.15 Å². The van der Waals surface area contributed by atoms with Crippen LogP contribution < -0.4 is 10.3 Å². The van der Waals surface area contributed by atoms with Crippen molar-refractivity contribution in [1.82, 2.24) is 9.66 Å². The predicted octanol–water partition coefficient (Wildman–Crippen LogP) is 5.29. The lowest BCUT2D eigenvalue weighted by Crippen LogP contribution is -2.20. The first kappa shape index (κ1) is 23.1. The summed E-state index contributed by atoms with van der Waals surface area (Å²) in [5.74, 6) is -0.438. The zero-order valence-electron chi connectivity index (χ0n) is 18.5. The zero-order valence-corrected chi connectivity index (χ0v) is 20.1. The first-order valence-electron chi connectivity index (χ1n) is 10.5. The van der Waals surface area contributed by atoms with Gasteiger partial charge in [-0.05, 0) is 46.3 Å². The van der Waals surface area contributed by atoms with Crippen molar-refractivity contribution in [2.24, 2.45) is 5.10 Å². The van der Waals surface area contributed by atoms with Crippen LogP contribution >= 0.6 is 15.9 Å². The Morgan fingerprint density at radius 2 is 1.92 bits per heavy atom. The normalized spacial score (nSPS) is 11.4. The number of hydrogen-bond donors (Lipinski definition) is 0. The molecule has 0 radical (unpaired) electrons. The van der Waals surface area contributed by atoms with Crippen molar-refractivity contribution in [1.29, 1.82) is 0 Å². The van der Waals surface area contributed by atoms with Crippen LogP contribution in [-0.2, 0) is 4.79 Å². The summed E-state index contributed by atoms with van der Waals surface area (Å²) in [6.07, 6.45) is 1.28. The van der Waals surface area contributed by atoms with Gasteiger partial charge in [-0.15, -0.1) is 0 Å². The number of ether oxygens (including phenoxy) is 1. The third-order valence-corrected chi connectivity index (χ3v) is 5.80. The minimum atomic E-state index is -0.704. The topological polar surface area (TPSA) is 130 Å². The van der Waals surface area contributed by atoms with Crippen LogP contribution in [-0.4, -0.2) is 26.8 Å². The third kappa shape index (κ3) is 4.27. The van der Waals surface area contributed by atoms with E-state index in [9.17, 15) is 19.7 Å². The van der Waals surface area contributed by atoms with Gasteiger partial charge in [-0.3, -0.25) is 19.7 Å². The lowest BCUT2D eigenvalue weighted by molar-refractivity contribution is -0.385. The standard InChI is InChI=1S/C25H15BrN4O6/c1-14(31)35-23-18(26)10-15(11-20(23)30(33)34)13-27-29-24(22-12-16-6-2-5-9-21(16)36-22)28-19-8-4-3-7-17(19)25(29)32/h2-13H,1H3. The van der Waals surface area contributed by atoms with Gasteiger partial charge in [0.2, 0.25) is 11.6 Å². The monoisotopic (exact) mass is 546 g/mol. The number of esters is 1. The third-order valence-electron chi connectivity index (χ3n) is 5.21. The number of carbonyl (C=O) groups is 1. The molecule has 2 heterocycles. The minimum absolute atomic E-state index is 0.163. The van der Waals surface area contributed by atoms with Crippen LogP contribution in [0.2, 0.25) is 0 Å². The van der Waals surface area contributed by atoms with Gasteiger partial charge in [0.1, 0.15) is 5.58 Å². The number of rotatable bonds is 5. The average Bonchev–Trinajstić information content (AvgIpc) is 3.28. The molecular weight excluding hydrogens is 532 g/mol. The van der Waals surface area contributed by atoms with Crippen LogP contribution in [0.5, 0.6) is 5.75 Å². The summed E-state index contributed by atoms with van der Waals surface area (Å²) in [5.41, 5.74) is 0.472. The highest BCUT2D eigenvalue weighted by atomic mass is 79.9. The maximum Gasteiger partial charge on any atom is 0.313 e. The molecule has 0 aliphatic heterocycles. The Labute approximate surface area is 210 Å². The Morgan fingerprint density at radius 1 is 1.17 bits per heavy atom. The molecule has 5 rings (SSSR count). The number of benzene rings is 3. The molecule has 0 bridgehead atoms. The predicted molar refractivity (Wildman–Crippen MR) is 136 cm³/mol. The molecule has 2 aromatic heterocycles.